The number of nitrogens with zero attached hydrogens (tertiary/aromatic N) is 3. The average Bonchev–Trinajstić information content (AvgIpc) is 2.77. The van der Waals surface area contributed by atoms with Crippen LogP contribution in [0.5, 0.6) is 0 Å². The van der Waals surface area contributed by atoms with Gasteiger partial charge in [-0.3, -0.25) is 9.59 Å². The van der Waals surface area contributed by atoms with E-state index in [0.29, 0.717) is 16.4 Å². The number of anilines is 1. The van der Waals surface area contributed by atoms with Crippen LogP contribution in [-0.4, -0.2) is 32.2 Å². The first kappa shape index (κ1) is 15.2. The number of nitrogens with one attached hydrogen (secondary N) is 1. The Morgan fingerprint density at radius 2 is 1.90 bits per heavy atom. The van der Waals surface area contributed by atoms with Gasteiger partial charge in [0, 0.05) is 18.3 Å². The number of carbonyl (C=O) groups excluding carboxylic acids is 2. The molecule has 1 heterocycles. The Bertz CT molecular complexity index is 664. The second-order valence-electron chi connectivity index (χ2n) is 4.56. The highest BCUT2D eigenvalue weighted by molar-refractivity contribution is 7.99. The topological polar surface area (TPSA) is 76.9 Å². The molecule has 2 aromatic rings. The van der Waals surface area contributed by atoms with Gasteiger partial charge in [0.15, 0.2) is 10.9 Å². The first-order chi connectivity index (χ1) is 9.97. The lowest BCUT2D eigenvalue weighted by Crippen LogP contribution is -2.14. The number of Topliss-reactive ketones (excluding diaryl/α,β-unsaturated/α-hetero) is 1. The molecule has 0 spiro atoms. The lowest BCUT2D eigenvalue weighted by Gasteiger charge is -2.05. The lowest BCUT2D eigenvalue weighted by molar-refractivity contribution is -0.113. The maximum absolute atomic E-state index is 11.9. The maximum atomic E-state index is 11.9. The molecule has 0 bridgehead atoms. The van der Waals surface area contributed by atoms with Gasteiger partial charge in [-0.2, -0.15) is 0 Å². The monoisotopic (exact) mass is 304 g/mol. The van der Waals surface area contributed by atoms with Crippen molar-refractivity contribution >= 4 is 29.1 Å². The number of hydrogen-bond donors (Lipinski definition) is 1. The molecule has 0 atom stereocenters. The van der Waals surface area contributed by atoms with Gasteiger partial charge in [0.1, 0.15) is 5.82 Å². The minimum Gasteiger partial charge on any atom is -0.325 e. The number of thioether (sulfide) groups is 1. The number of rotatable bonds is 5. The van der Waals surface area contributed by atoms with Crippen LogP contribution in [0.1, 0.15) is 23.1 Å². The van der Waals surface area contributed by atoms with E-state index in [4.69, 9.17) is 0 Å². The van der Waals surface area contributed by atoms with E-state index in [1.165, 1.54) is 18.7 Å². The first-order valence-electron chi connectivity index (χ1n) is 6.37. The SMILES string of the molecule is CC(=O)c1ccc(NC(=O)CSc2nnc(C)n2C)cc1. The van der Waals surface area contributed by atoms with Crippen LogP contribution in [0.25, 0.3) is 0 Å². The molecule has 0 aliphatic rings. The fraction of sp³-hybridized carbons (Fsp3) is 0.286. The van der Waals surface area contributed by atoms with E-state index in [1.807, 2.05) is 18.5 Å². The van der Waals surface area contributed by atoms with Crippen molar-refractivity contribution in [2.75, 3.05) is 11.1 Å². The van der Waals surface area contributed by atoms with Crippen LogP contribution in [0.3, 0.4) is 0 Å². The molecule has 0 saturated carbocycles. The minimum atomic E-state index is -0.128. The zero-order chi connectivity index (χ0) is 15.4. The van der Waals surface area contributed by atoms with Crippen molar-refractivity contribution in [3.05, 3.63) is 35.7 Å². The van der Waals surface area contributed by atoms with E-state index in [2.05, 4.69) is 15.5 Å². The minimum absolute atomic E-state index is 0.00100. The van der Waals surface area contributed by atoms with Crippen molar-refractivity contribution in [2.45, 2.75) is 19.0 Å². The van der Waals surface area contributed by atoms with Gasteiger partial charge >= 0.3 is 0 Å². The predicted molar refractivity (Wildman–Crippen MR) is 81.5 cm³/mol. The molecule has 0 radical (unpaired) electrons. The summed E-state index contributed by atoms with van der Waals surface area (Å²) in [4.78, 5) is 23.0. The molecule has 1 aromatic carbocycles. The van der Waals surface area contributed by atoms with Crippen molar-refractivity contribution < 1.29 is 9.59 Å². The molecule has 7 heteroatoms. The summed E-state index contributed by atoms with van der Waals surface area (Å²) in [5, 5.41) is 11.4. The molecule has 110 valence electrons. The summed E-state index contributed by atoms with van der Waals surface area (Å²) in [6, 6.07) is 6.81. The van der Waals surface area contributed by atoms with E-state index in [1.54, 1.807) is 24.3 Å². The molecule has 1 amide bonds. The third-order valence-electron chi connectivity index (χ3n) is 2.96. The van der Waals surface area contributed by atoms with Gasteiger partial charge in [0.2, 0.25) is 5.91 Å². The smallest absolute Gasteiger partial charge is 0.234 e. The fourth-order valence-electron chi connectivity index (χ4n) is 1.63. The van der Waals surface area contributed by atoms with E-state index >= 15 is 0 Å². The third kappa shape index (κ3) is 3.91. The van der Waals surface area contributed by atoms with Gasteiger partial charge in [0.05, 0.1) is 5.75 Å². The summed E-state index contributed by atoms with van der Waals surface area (Å²) in [5.74, 6) is 0.926. The van der Waals surface area contributed by atoms with Crippen LogP contribution in [0, 0.1) is 6.92 Å². The molecule has 0 unspecified atom stereocenters. The molecule has 21 heavy (non-hydrogen) atoms. The number of amides is 1. The summed E-state index contributed by atoms with van der Waals surface area (Å²) < 4.78 is 1.83. The van der Waals surface area contributed by atoms with Gasteiger partial charge in [-0.25, -0.2) is 0 Å². The highest BCUT2D eigenvalue weighted by Gasteiger charge is 2.09. The number of ketones is 1. The molecule has 1 N–H and O–H groups in total. The average molecular weight is 304 g/mol. The zero-order valence-electron chi connectivity index (χ0n) is 12.1. The zero-order valence-corrected chi connectivity index (χ0v) is 12.9. The van der Waals surface area contributed by atoms with Gasteiger partial charge < -0.3 is 9.88 Å². The van der Waals surface area contributed by atoms with Crippen molar-refractivity contribution in [3.8, 4) is 0 Å². The van der Waals surface area contributed by atoms with Crippen LogP contribution in [0.15, 0.2) is 29.4 Å². The van der Waals surface area contributed by atoms with Crippen LogP contribution in [0.4, 0.5) is 5.69 Å². The van der Waals surface area contributed by atoms with Crippen molar-refractivity contribution in [1.82, 2.24) is 14.8 Å². The Morgan fingerprint density at radius 1 is 1.24 bits per heavy atom. The molecular weight excluding hydrogens is 288 g/mol. The van der Waals surface area contributed by atoms with Crippen LogP contribution >= 0.6 is 11.8 Å². The summed E-state index contributed by atoms with van der Waals surface area (Å²) in [6.45, 7) is 3.36. The van der Waals surface area contributed by atoms with Gasteiger partial charge in [0.25, 0.3) is 0 Å². The predicted octanol–water partition coefficient (Wildman–Crippen LogP) is 2.06. The van der Waals surface area contributed by atoms with Crippen LogP contribution in [0.2, 0.25) is 0 Å². The van der Waals surface area contributed by atoms with E-state index in [9.17, 15) is 9.59 Å². The summed E-state index contributed by atoms with van der Waals surface area (Å²) in [6.07, 6.45) is 0. The molecule has 0 saturated heterocycles. The molecule has 2 rings (SSSR count). The highest BCUT2D eigenvalue weighted by atomic mass is 32.2. The largest absolute Gasteiger partial charge is 0.325 e. The number of hydrogen-bond acceptors (Lipinski definition) is 5. The first-order valence-corrected chi connectivity index (χ1v) is 7.35. The summed E-state index contributed by atoms with van der Waals surface area (Å²) in [5.41, 5.74) is 1.29. The van der Waals surface area contributed by atoms with Crippen molar-refractivity contribution in [2.24, 2.45) is 7.05 Å². The second-order valence-corrected chi connectivity index (χ2v) is 5.50. The second kappa shape index (κ2) is 6.53. The normalized spacial score (nSPS) is 10.4. The van der Waals surface area contributed by atoms with Gasteiger partial charge in [-0.15, -0.1) is 10.2 Å². The van der Waals surface area contributed by atoms with Gasteiger partial charge in [-0.1, -0.05) is 11.8 Å². The molecule has 0 fully saturated rings. The summed E-state index contributed by atoms with van der Waals surface area (Å²) in [7, 11) is 1.86. The van der Waals surface area contributed by atoms with Crippen LogP contribution in [-0.2, 0) is 11.8 Å². The number of aromatic nitrogens is 3. The Hall–Kier alpha value is -2.15. The number of benzene rings is 1. The molecule has 6 nitrogen and oxygen atoms in total. The quantitative estimate of drug-likeness (QED) is 0.676. The molecule has 0 aliphatic carbocycles. The Morgan fingerprint density at radius 3 is 2.43 bits per heavy atom. The van der Waals surface area contributed by atoms with E-state index in [-0.39, 0.29) is 17.4 Å². The van der Waals surface area contributed by atoms with Gasteiger partial charge in [-0.05, 0) is 38.1 Å². The van der Waals surface area contributed by atoms with Crippen molar-refractivity contribution in [3.63, 3.8) is 0 Å². The van der Waals surface area contributed by atoms with Crippen molar-refractivity contribution in [1.29, 1.82) is 0 Å². The Balaban J connectivity index is 1.89. The Labute approximate surface area is 127 Å². The maximum Gasteiger partial charge on any atom is 0.234 e. The van der Waals surface area contributed by atoms with Crippen LogP contribution < -0.4 is 5.32 Å². The standard InChI is InChI=1S/C14H16N4O2S/c1-9(19)11-4-6-12(7-5-11)15-13(20)8-21-14-17-16-10(2)18(14)3/h4-7H,8H2,1-3H3,(H,15,20). The molecular formula is C14H16N4O2S. The van der Waals surface area contributed by atoms with E-state index < -0.39 is 0 Å². The highest BCUT2D eigenvalue weighted by Crippen LogP contribution is 2.16. The summed E-state index contributed by atoms with van der Waals surface area (Å²) >= 11 is 1.33. The Kier molecular flexibility index (Phi) is 4.74. The third-order valence-corrected chi connectivity index (χ3v) is 3.98. The lowest BCUT2D eigenvalue weighted by atomic mass is 10.1. The number of carbonyl (C=O) groups is 2. The van der Waals surface area contributed by atoms with E-state index in [0.717, 1.165) is 5.82 Å². The fourth-order valence-corrected chi connectivity index (χ4v) is 2.39. The molecule has 1 aromatic heterocycles. The molecule has 0 aliphatic heterocycles. The number of aryl methyl sites for hydroxylation is 1.